The molecule has 5 rings (SSSR count). The molecule has 0 N–H and O–H groups in total. The summed E-state index contributed by atoms with van der Waals surface area (Å²) in [7, 11) is 3.79. The Morgan fingerprint density at radius 2 is 1.09 bits per heavy atom. The van der Waals surface area contributed by atoms with Gasteiger partial charge in [-0.15, -0.1) is 0 Å². The molecule has 57 heavy (non-hydrogen) atoms. The number of anilines is 2. The summed E-state index contributed by atoms with van der Waals surface area (Å²) in [4.78, 5) is 26.4. The second-order valence-electron chi connectivity index (χ2n) is 12.9. The Kier molecular flexibility index (Phi) is 14.4. The van der Waals surface area contributed by atoms with Crippen LogP contribution in [-0.2, 0) is 25.7 Å². The van der Waals surface area contributed by atoms with E-state index in [0.717, 1.165) is 45.8 Å². The average molecular weight is 765 g/mol. The fourth-order valence-electron chi connectivity index (χ4n) is 5.57. The Balaban J connectivity index is 1.14. The van der Waals surface area contributed by atoms with Gasteiger partial charge in [-0.1, -0.05) is 55.0 Å². The molecule has 0 amide bonds. The molecule has 288 valence electrons. The van der Waals surface area contributed by atoms with Crippen LogP contribution in [0.4, 0.5) is 20.2 Å². The lowest BCUT2D eigenvalue weighted by Gasteiger charge is -2.18. The van der Waals surface area contributed by atoms with Crippen molar-refractivity contribution in [1.82, 2.24) is 0 Å². The topological polar surface area (TPSA) is 68.3 Å². The molecular formula is C48H42F2N2O5. The predicted octanol–water partition coefficient (Wildman–Crippen LogP) is 8.65. The highest BCUT2D eigenvalue weighted by Gasteiger charge is 2.14. The van der Waals surface area contributed by atoms with E-state index >= 15 is 8.78 Å². The molecule has 0 saturated heterocycles. The number of aryl methyl sites for hydroxylation is 1. The first-order chi connectivity index (χ1) is 27.5. The quantitative estimate of drug-likeness (QED) is 0.0638. The number of rotatable bonds is 14. The van der Waals surface area contributed by atoms with E-state index in [1.807, 2.05) is 97.5 Å². The van der Waals surface area contributed by atoms with Crippen LogP contribution < -0.4 is 14.5 Å². The largest absolute Gasteiger partial charge is 0.489 e. The fourth-order valence-corrected chi connectivity index (χ4v) is 5.57. The molecule has 0 atom stereocenters. The number of carbonyl (C=O) groups excluding carboxylic acids is 2. The van der Waals surface area contributed by atoms with Crippen LogP contribution in [0.1, 0.15) is 33.4 Å². The summed E-state index contributed by atoms with van der Waals surface area (Å²) < 4.78 is 46.6. The monoisotopic (exact) mass is 764 g/mol. The maximum Gasteiger partial charge on any atom is 0.330 e. The molecular weight excluding hydrogens is 723 g/mol. The Labute approximate surface area is 332 Å². The van der Waals surface area contributed by atoms with Gasteiger partial charge in [-0.25, -0.2) is 18.4 Å². The lowest BCUT2D eigenvalue weighted by Crippen LogP contribution is -2.23. The standard InChI is InChI=1S/C48H42F2N2O5/c1-6-46(53)55-28-26-51(4)41-20-13-35(14-21-41)8-10-37-12-17-40(34(3)30-37)33-57-43-24-18-39(19-25-43)48-44(49)31-38(32-45(48)50)11-9-36-15-22-42(23-16-36)52(5)27-29-56-47(54)7-2/h6-7,12-25,30-32H,1-2,26-29,33H2,3-5H3. The lowest BCUT2D eigenvalue weighted by molar-refractivity contribution is -0.138. The highest BCUT2D eigenvalue weighted by atomic mass is 19.1. The van der Waals surface area contributed by atoms with Gasteiger partial charge < -0.3 is 24.0 Å². The van der Waals surface area contributed by atoms with Crippen molar-refractivity contribution in [2.45, 2.75) is 13.5 Å². The summed E-state index contributed by atoms with van der Waals surface area (Å²) in [5.74, 6) is 10.4. The van der Waals surface area contributed by atoms with Crippen LogP contribution in [0.25, 0.3) is 11.1 Å². The normalized spacial score (nSPS) is 10.2. The van der Waals surface area contributed by atoms with Crippen LogP contribution in [0, 0.1) is 42.2 Å². The predicted molar refractivity (Wildman–Crippen MR) is 221 cm³/mol. The second-order valence-corrected chi connectivity index (χ2v) is 12.9. The van der Waals surface area contributed by atoms with Crippen molar-refractivity contribution in [3.05, 3.63) is 173 Å². The van der Waals surface area contributed by atoms with Crippen LogP contribution >= 0.6 is 0 Å². The van der Waals surface area contributed by atoms with E-state index in [1.54, 1.807) is 24.3 Å². The van der Waals surface area contributed by atoms with Crippen molar-refractivity contribution in [2.75, 3.05) is 50.2 Å². The van der Waals surface area contributed by atoms with Gasteiger partial charge >= 0.3 is 11.9 Å². The molecule has 0 aliphatic heterocycles. The van der Waals surface area contributed by atoms with Gasteiger partial charge in [0.05, 0.1) is 18.7 Å². The van der Waals surface area contributed by atoms with E-state index in [-0.39, 0.29) is 24.3 Å². The zero-order chi connectivity index (χ0) is 40.7. The first kappa shape index (κ1) is 41.1. The van der Waals surface area contributed by atoms with Crippen molar-refractivity contribution >= 4 is 23.3 Å². The van der Waals surface area contributed by atoms with Gasteiger partial charge in [0, 0.05) is 59.9 Å². The summed E-state index contributed by atoms with van der Waals surface area (Å²) in [5, 5.41) is 0. The number of ether oxygens (including phenoxy) is 3. The smallest absolute Gasteiger partial charge is 0.330 e. The highest BCUT2D eigenvalue weighted by molar-refractivity contribution is 5.81. The van der Waals surface area contributed by atoms with Crippen LogP contribution in [-0.4, -0.2) is 52.3 Å². The molecule has 0 heterocycles. The Bertz CT molecular complexity index is 2330. The van der Waals surface area contributed by atoms with Crippen LogP contribution in [0.5, 0.6) is 5.75 Å². The maximum atomic E-state index is 15.2. The van der Waals surface area contributed by atoms with E-state index in [0.29, 0.717) is 36.6 Å². The van der Waals surface area contributed by atoms with Gasteiger partial charge in [0.25, 0.3) is 0 Å². The zero-order valence-corrected chi connectivity index (χ0v) is 32.1. The van der Waals surface area contributed by atoms with Gasteiger partial charge in [0.2, 0.25) is 0 Å². The molecule has 5 aromatic rings. The number of esters is 2. The van der Waals surface area contributed by atoms with E-state index in [9.17, 15) is 9.59 Å². The number of hydrogen-bond acceptors (Lipinski definition) is 7. The van der Waals surface area contributed by atoms with Crippen molar-refractivity contribution in [3.63, 3.8) is 0 Å². The highest BCUT2D eigenvalue weighted by Crippen LogP contribution is 2.29. The van der Waals surface area contributed by atoms with E-state index in [2.05, 4.69) is 36.8 Å². The molecule has 0 fully saturated rings. The molecule has 7 nitrogen and oxygen atoms in total. The first-order valence-electron chi connectivity index (χ1n) is 18.1. The summed E-state index contributed by atoms with van der Waals surface area (Å²) >= 11 is 0. The van der Waals surface area contributed by atoms with E-state index < -0.39 is 23.6 Å². The number of benzene rings is 5. The molecule has 0 unspecified atom stereocenters. The maximum absolute atomic E-state index is 15.2. The number of carbonyl (C=O) groups is 2. The SMILES string of the molecule is C=CC(=O)OCCN(C)c1ccc(C#Cc2ccc(COc3ccc(-c4c(F)cc(C#Cc5ccc(N(C)CCOC(=O)C=C)cc5)cc4F)cc3)c(C)c2)cc1. The second kappa shape index (κ2) is 20.0. The number of hydrogen-bond donors (Lipinski definition) is 0. The third-order valence-electron chi connectivity index (χ3n) is 8.92. The molecule has 0 saturated carbocycles. The number of likely N-dealkylation sites (N-methyl/N-ethyl adjacent to an activating group) is 2. The van der Waals surface area contributed by atoms with Crippen LogP contribution in [0.3, 0.4) is 0 Å². The van der Waals surface area contributed by atoms with Crippen LogP contribution in [0.2, 0.25) is 0 Å². The molecule has 0 aliphatic carbocycles. The Hall–Kier alpha value is -7.10. The fraction of sp³-hybridized carbons (Fsp3) is 0.167. The van der Waals surface area contributed by atoms with Crippen molar-refractivity contribution in [3.8, 4) is 40.6 Å². The van der Waals surface area contributed by atoms with Crippen LogP contribution in [0.15, 0.2) is 128 Å². The minimum atomic E-state index is -0.716. The number of nitrogens with zero attached hydrogens (tertiary/aromatic N) is 2. The summed E-state index contributed by atoms with van der Waals surface area (Å²) in [6, 6.07) is 30.2. The van der Waals surface area contributed by atoms with E-state index in [1.165, 1.54) is 12.1 Å². The zero-order valence-electron chi connectivity index (χ0n) is 32.1. The lowest BCUT2D eigenvalue weighted by atomic mass is 10.0. The third-order valence-corrected chi connectivity index (χ3v) is 8.92. The minimum Gasteiger partial charge on any atom is -0.489 e. The van der Waals surface area contributed by atoms with Crippen molar-refractivity contribution in [1.29, 1.82) is 0 Å². The molecule has 9 heteroatoms. The third kappa shape index (κ3) is 11.9. The summed E-state index contributed by atoms with van der Waals surface area (Å²) in [5.41, 5.74) is 6.75. The molecule has 0 aromatic heterocycles. The number of halogens is 2. The molecule has 0 radical (unpaired) electrons. The molecule has 0 spiro atoms. The molecule has 0 bridgehead atoms. The van der Waals surface area contributed by atoms with Gasteiger partial charge in [0.15, 0.2) is 0 Å². The van der Waals surface area contributed by atoms with Crippen molar-refractivity contribution < 1.29 is 32.6 Å². The van der Waals surface area contributed by atoms with Gasteiger partial charge in [0.1, 0.15) is 37.2 Å². The first-order valence-corrected chi connectivity index (χ1v) is 18.1. The summed E-state index contributed by atoms with van der Waals surface area (Å²) in [6.45, 7) is 10.6. The average Bonchev–Trinajstić information content (AvgIpc) is 3.22. The van der Waals surface area contributed by atoms with Gasteiger partial charge in [-0.2, -0.15) is 0 Å². The minimum absolute atomic E-state index is 0.141. The van der Waals surface area contributed by atoms with E-state index in [4.69, 9.17) is 14.2 Å². The molecule has 5 aromatic carbocycles. The molecule has 0 aliphatic rings. The summed E-state index contributed by atoms with van der Waals surface area (Å²) in [6.07, 6.45) is 2.27. The van der Waals surface area contributed by atoms with Gasteiger partial charge in [-0.05, 0) is 109 Å². The Morgan fingerprint density at radius 3 is 1.56 bits per heavy atom. The van der Waals surface area contributed by atoms with Gasteiger partial charge in [-0.3, -0.25) is 0 Å². The Morgan fingerprint density at radius 1 is 0.632 bits per heavy atom. The van der Waals surface area contributed by atoms with Crippen molar-refractivity contribution in [2.24, 2.45) is 0 Å².